The molecule has 0 bridgehead atoms. The van der Waals surface area contributed by atoms with Crippen LogP contribution in [0.4, 0.5) is 0 Å². The van der Waals surface area contributed by atoms with Crippen LogP contribution in [0.1, 0.15) is 54.8 Å². The molecule has 0 spiro atoms. The molecule has 4 nitrogen and oxygen atoms in total. The molecule has 1 aliphatic rings. The Labute approximate surface area is 120 Å². The van der Waals surface area contributed by atoms with Crippen molar-refractivity contribution in [1.29, 1.82) is 0 Å². The molecule has 1 aliphatic carbocycles. The third kappa shape index (κ3) is 2.80. The second-order valence-electron chi connectivity index (χ2n) is 5.70. The van der Waals surface area contributed by atoms with Gasteiger partial charge in [0.2, 0.25) is 0 Å². The third-order valence-electron chi connectivity index (χ3n) is 4.03. The molecule has 2 aromatic rings. The smallest absolute Gasteiger partial charge is 0.156 e. The standard InChI is InChI=1S/C16H23N3O/c1-3-17-16-7-5-4-6-13-9-19(11-15(13)16)10-14-8-12(2)18-20-14/h8-9,11,16-17H,3-7,10H2,1-2H3. The van der Waals surface area contributed by atoms with Gasteiger partial charge in [-0.2, -0.15) is 0 Å². The van der Waals surface area contributed by atoms with Crippen LogP contribution in [0.25, 0.3) is 0 Å². The molecule has 0 aliphatic heterocycles. The van der Waals surface area contributed by atoms with Gasteiger partial charge in [0, 0.05) is 24.5 Å². The quantitative estimate of drug-likeness (QED) is 0.870. The fraction of sp³-hybridized carbons (Fsp3) is 0.562. The first kappa shape index (κ1) is 13.4. The summed E-state index contributed by atoms with van der Waals surface area (Å²) in [5.74, 6) is 0.924. The molecule has 3 rings (SSSR count). The molecular formula is C16H23N3O. The van der Waals surface area contributed by atoms with Gasteiger partial charge in [0.15, 0.2) is 5.76 Å². The monoisotopic (exact) mass is 273 g/mol. The average Bonchev–Trinajstić information content (AvgIpc) is 2.96. The van der Waals surface area contributed by atoms with Crippen molar-refractivity contribution in [3.05, 3.63) is 41.0 Å². The first-order valence-corrected chi connectivity index (χ1v) is 7.60. The Kier molecular flexibility index (Phi) is 3.92. The van der Waals surface area contributed by atoms with E-state index >= 15 is 0 Å². The zero-order valence-corrected chi connectivity index (χ0v) is 12.4. The van der Waals surface area contributed by atoms with Crippen LogP contribution in [-0.2, 0) is 13.0 Å². The SMILES string of the molecule is CCNC1CCCCc2cn(Cc3cc(C)no3)cc21. The van der Waals surface area contributed by atoms with Crippen molar-refractivity contribution in [2.45, 2.75) is 52.1 Å². The number of nitrogens with one attached hydrogen (secondary N) is 1. The molecule has 1 atom stereocenters. The van der Waals surface area contributed by atoms with Crippen LogP contribution in [0, 0.1) is 6.92 Å². The summed E-state index contributed by atoms with van der Waals surface area (Å²) >= 11 is 0. The maximum Gasteiger partial charge on any atom is 0.156 e. The van der Waals surface area contributed by atoms with E-state index in [1.807, 2.05) is 13.0 Å². The van der Waals surface area contributed by atoms with Crippen molar-refractivity contribution in [1.82, 2.24) is 15.0 Å². The van der Waals surface area contributed by atoms with Gasteiger partial charge in [0.25, 0.3) is 0 Å². The molecule has 0 saturated carbocycles. The average molecular weight is 273 g/mol. The molecule has 0 aromatic carbocycles. The molecule has 1 N–H and O–H groups in total. The van der Waals surface area contributed by atoms with Crippen molar-refractivity contribution >= 4 is 0 Å². The van der Waals surface area contributed by atoms with E-state index in [1.54, 1.807) is 0 Å². The molecule has 0 radical (unpaired) electrons. The van der Waals surface area contributed by atoms with Crippen LogP contribution in [-0.4, -0.2) is 16.3 Å². The van der Waals surface area contributed by atoms with E-state index in [1.165, 1.54) is 36.8 Å². The lowest BCUT2D eigenvalue weighted by Gasteiger charge is -2.15. The molecule has 108 valence electrons. The number of aryl methyl sites for hydroxylation is 2. The van der Waals surface area contributed by atoms with Crippen molar-refractivity contribution in [3.63, 3.8) is 0 Å². The van der Waals surface area contributed by atoms with E-state index in [2.05, 4.69) is 34.4 Å². The van der Waals surface area contributed by atoms with Gasteiger partial charge < -0.3 is 14.4 Å². The van der Waals surface area contributed by atoms with Crippen LogP contribution < -0.4 is 5.32 Å². The second kappa shape index (κ2) is 5.83. The maximum atomic E-state index is 5.31. The summed E-state index contributed by atoms with van der Waals surface area (Å²) in [6, 6.07) is 2.52. The lowest BCUT2D eigenvalue weighted by Crippen LogP contribution is -2.20. The fourth-order valence-corrected chi connectivity index (χ4v) is 3.14. The molecule has 2 aromatic heterocycles. The minimum absolute atomic E-state index is 0.509. The topological polar surface area (TPSA) is 43.0 Å². The summed E-state index contributed by atoms with van der Waals surface area (Å²) in [4.78, 5) is 0. The van der Waals surface area contributed by atoms with Gasteiger partial charge in [-0.1, -0.05) is 18.5 Å². The van der Waals surface area contributed by atoms with Crippen molar-refractivity contribution in [2.75, 3.05) is 6.54 Å². The van der Waals surface area contributed by atoms with E-state index in [0.29, 0.717) is 6.04 Å². The highest BCUT2D eigenvalue weighted by atomic mass is 16.5. The number of fused-ring (bicyclic) bond motifs is 1. The molecule has 1 unspecified atom stereocenters. The largest absolute Gasteiger partial charge is 0.359 e. The van der Waals surface area contributed by atoms with Gasteiger partial charge in [0.1, 0.15) is 0 Å². The maximum absolute atomic E-state index is 5.31. The van der Waals surface area contributed by atoms with Crippen molar-refractivity contribution < 1.29 is 4.52 Å². The molecule has 4 heteroatoms. The van der Waals surface area contributed by atoms with Gasteiger partial charge >= 0.3 is 0 Å². The van der Waals surface area contributed by atoms with Gasteiger partial charge in [-0.15, -0.1) is 0 Å². The van der Waals surface area contributed by atoms with Gasteiger partial charge in [-0.25, -0.2) is 0 Å². The fourth-order valence-electron chi connectivity index (χ4n) is 3.14. The summed E-state index contributed by atoms with van der Waals surface area (Å²) in [5, 5.41) is 7.57. The highest BCUT2D eigenvalue weighted by Gasteiger charge is 2.20. The van der Waals surface area contributed by atoms with Crippen LogP contribution in [0.5, 0.6) is 0 Å². The van der Waals surface area contributed by atoms with Crippen LogP contribution >= 0.6 is 0 Å². The van der Waals surface area contributed by atoms with Gasteiger partial charge in [-0.05, 0) is 43.9 Å². The van der Waals surface area contributed by atoms with Crippen molar-refractivity contribution in [3.8, 4) is 0 Å². The predicted molar refractivity (Wildman–Crippen MR) is 78.7 cm³/mol. The Morgan fingerprint density at radius 1 is 1.40 bits per heavy atom. The molecule has 20 heavy (non-hydrogen) atoms. The number of rotatable bonds is 4. The Bertz CT molecular complexity index is 570. The normalized spacial score (nSPS) is 18.8. The minimum Gasteiger partial charge on any atom is -0.359 e. The number of nitrogens with zero attached hydrogens (tertiary/aromatic N) is 2. The van der Waals surface area contributed by atoms with E-state index in [0.717, 1.165) is 24.5 Å². The van der Waals surface area contributed by atoms with Crippen LogP contribution in [0.2, 0.25) is 0 Å². The second-order valence-corrected chi connectivity index (χ2v) is 5.70. The minimum atomic E-state index is 0.509. The molecular weight excluding hydrogens is 250 g/mol. The predicted octanol–water partition coefficient (Wildman–Crippen LogP) is 3.21. The van der Waals surface area contributed by atoms with Gasteiger partial charge in [0.05, 0.1) is 12.2 Å². The summed E-state index contributed by atoms with van der Waals surface area (Å²) in [6.07, 6.45) is 9.61. The first-order chi connectivity index (χ1) is 9.76. The first-order valence-electron chi connectivity index (χ1n) is 7.60. The third-order valence-corrected chi connectivity index (χ3v) is 4.03. The molecule has 0 fully saturated rings. The molecule has 2 heterocycles. The van der Waals surface area contributed by atoms with E-state index < -0.39 is 0 Å². The Balaban J connectivity index is 1.82. The van der Waals surface area contributed by atoms with E-state index in [4.69, 9.17) is 4.52 Å². The Morgan fingerprint density at radius 3 is 3.05 bits per heavy atom. The highest BCUT2D eigenvalue weighted by Crippen LogP contribution is 2.29. The number of hydrogen-bond donors (Lipinski definition) is 1. The summed E-state index contributed by atoms with van der Waals surface area (Å²) < 4.78 is 7.55. The van der Waals surface area contributed by atoms with Crippen LogP contribution in [0.15, 0.2) is 23.0 Å². The van der Waals surface area contributed by atoms with Crippen LogP contribution in [0.3, 0.4) is 0 Å². The summed E-state index contributed by atoms with van der Waals surface area (Å²) in [7, 11) is 0. The van der Waals surface area contributed by atoms with E-state index in [-0.39, 0.29) is 0 Å². The summed E-state index contributed by atoms with van der Waals surface area (Å²) in [6.45, 7) is 5.93. The number of aromatic nitrogens is 2. The Hall–Kier alpha value is -1.55. The molecule has 0 amide bonds. The highest BCUT2D eigenvalue weighted by molar-refractivity contribution is 5.29. The lowest BCUT2D eigenvalue weighted by atomic mass is 10.0. The van der Waals surface area contributed by atoms with Crippen molar-refractivity contribution in [2.24, 2.45) is 0 Å². The Morgan fingerprint density at radius 2 is 2.30 bits per heavy atom. The van der Waals surface area contributed by atoms with E-state index in [9.17, 15) is 0 Å². The summed E-state index contributed by atoms with van der Waals surface area (Å²) in [5.41, 5.74) is 3.91. The van der Waals surface area contributed by atoms with Gasteiger partial charge in [-0.3, -0.25) is 0 Å². The molecule has 0 saturated heterocycles. The lowest BCUT2D eigenvalue weighted by molar-refractivity contribution is 0.373. The zero-order chi connectivity index (χ0) is 13.9. The number of hydrogen-bond acceptors (Lipinski definition) is 3. The zero-order valence-electron chi connectivity index (χ0n) is 12.4.